The van der Waals surface area contributed by atoms with Crippen LogP contribution in [0.1, 0.15) is 37.5 Å². The molecule has 0 spiro atoms. The highest BCUT2D eigenvalue weighted by molar-refractivity contribution is 5.78. The van der Waals surface area contributed by atoms with E-state index >= 15 is 0 Å². The number of benzene rings is 1. The number of hydrazone groups is 1. The largest absolute Gasteiger partial charge is 0.314 e. The van der Waals surface area contributed by atoms with Gasteiger partial charge in [0.2, 0.25) is 0 Å². The van der Waals surface area contributed by atoms with Crippen molar-refractivity contribution >= 4 is 12.3 Å². The lowest BCUT2D eigenvalue weighted by Gasteiger charge is -2.35. The van der Waals surface area contributed by atoms with E-state index in [0.29, 0.717) is 12.0 Å². The van der Waals surface area contributed by atoms with Crippen LogP contribution < -0.4 is 10.7 Å². The van der Waals surface area contributed by atoms with Gasteiger partial charge in [-0.15, -0.1) is 0 Å². The molecule has 0 amide bonds. The van der Waals surface area contributed by atoms with Crippen LogP contribution in [0.15, 0.2) is 29.4 Å². The number of nitrogens with zero attached hydrogens (tertiary/aromatic N) is 2. The van der Waals surface area contributed by atoms with E-state index in [4.69, 9.17) is 0 Å². The lowest BCUT2D eigenvalue weighted by atomic mass is 10.1. The summed E-state index contributed by atoms with van der Waals surface area (Å²) >= 11 is 0. The summed E-state index contributed by atoms with van der Waals surface area (Å²) in [6.45, 7) is 11.0. The van der Waals surface area contributed by atoms with Gasteiger partial charge in [-0.3, -0.25) is 4.90 Å². The molecule has 0 radical (unpaired) electrons. The zero-order valence-electron chi connectivity index (χ0n) is 14.4. The Morgan fingerprint density at radius 1 is 1.22 bits per heavy atom. The minimum absolute atomic E-state index is 0.395. The fourth-order valence-electron chi connectivity index (χ4n) is 2.84. The van der Waals surface area contributed by atoms with Crippen molar-refractivity contribution < 1.29 is 0 Å². The maximum Gasteiger partial charge on any atom is 0.0468 e. The van der Waals surface area contributed by atoms with Crippen molar-refractivity contribution in [2.45, 2.75) is 45.9 Å². The number of allylic oxidation sites excluding steroid dienone is 1. The van der Waals surface area contributed by atoms with Gasteiger partial charge >= 0.3 is 0 Å². The van der Waals surface area contributed by atoms with E-state index in [-0.39, 0.29) is 0 Å². The molecule has 2 aliphatic heterocycles. The van der Waals surface area contributed by atoms with Crippen molar-refractivity contribution in [2.75, 3.05) is 13.1 Å². The van der Waals surface area contributed by atoms with Gasteiger partial charge in [-0.25, -0.2) is 0 Å². The molecule has 1 unspecified atom stereocenters. The molecule has 1 fully saturated rings. The van der Waals surface area contributed by atoms with Crippen LogP contribution in [0.5, 0.6) is 0 Å². The van der Waals surface area contributed by atoms with Crippen LogP contribution in [-0.2, 0) is 13.1 Å². The molecule has 1 aromatic rings. The minimum Gasteiger partial charge on any atom is -0.314 e. The lowest BCUT2D eigenvalue weighted by Crippen LogP contribution is -2.55. The molecule has 4 heteroatoms. The summed E-state index contributed by atoms with van der Waals surface area (Å²) in [5, 5.41) is 7.61. The van der Waals surface area contributed by atoms with E-state index in [9.17, 15) is 0 Å². The van der Waals surface area contributed by atoms with E-state index < -0.39 is 0 Å². The van der Waals surface area contributed by atoms with Crippen molar-refractivity contribution in [3.05, 3.63) is 41.0 Å². The topological polar surface area (TPSA) is 39.7 Å². The van der Waals surface area contributed by atoms with Gasteiger partial charge in [0.25, 0.3) is 0 Å². The first kappa shape index (κ1) is 16.2. The highest BCUT2D eigenvalue weighted by Gasteiger charge is 2.29. The molecule has 124 valence electrons. The summed E-state index contributed by atoms with van der Waals surface area (Å²) in [6.07, 6.45) is 5.96. The second-order valence-corrected chi connectivity index (χ2v) is 7.04. The van der Waals surface area contributed by atoms with Crippen molar-refractivity contribution in [1.82, 2.24) is 15.6 Å². The van der Waals surface area contributed by atoms with Crippen LogP contribution in [-0.4, -0.2) is 36.3 Å². The third-order valence-corrected chi connectivity index (χ3v) is 4.98. The van der Waals surface area contributed by atoms with Gasteiger partial charge in [0.1, 0.15) is 0 Å². The highest BCUT2D eigenvalue weighted by atomic mass is 15.3. The Morgan fingerprint density at radius 3 is 2.70 bits per heavy atom. The Balaban J connectivity index is 1.54. The zero-order chi connectivity index (χ0) is 16.2. The molecule has 0 saturated carbocycles. The summed E-state index contributed by atoms with van der Waals surface area (Å²) in [7, 11) is 0. The SMILES string of the molecule is CC(C)C(C)N/N=C\C=C/c1ccc2c(c1)CN(C1CNC1)C2. The molecule has 2 heterocycles. The predicted octanol–water partition coefficient (Wildman–Crippen LogP) is 2.61. The molecule has 1 atom stereocenters. The Morgan fingerprint density at radius 2 is 2.00 bits per heavy atom. The first-order chi connectivity index (χ1) is 11.1. The Labute approximate surface area is 139 Å². The summed E-state index contributed by atoms with van der Waals surface area (Å²) in [4.78, 5) is 2.58. The number of nitrogens with one attached hydrogen (secondary N) is 2. The van der Waals surface area contributed by atoms with Crippen LogP contribution in [0.2, 0.25) is 0 Å². The van der Waals surface area contributed by atoms with Crippen molar-refractivity contribution in [2.24, 2.45) is 11.0 Å². The predicted molar refractivity (Wildman–Crippen MR) is 97.3 cm³/mol. The molecular formula is C19H28N4. The normalized spacial score (nSPS) is 20.3. The zero-order valence-corrected chi connectivity index (χ0v) is 14.4. The number of hydrogen-bond acceptors (Lipinski definition) is 4. The summed E-state index contributed by atoms with van der Waals surface area (Å²) in [5.41, 5.74) is 7.35. The van der Waals surface area contributed by atoms with Crippen LogP contribution in [0, 0.1) is 5.92 Å². The van der Waals surface area contributed by atoms with E-state index in [1.54, 1.807) is 0 Å². The van der Waals surface area contributed by atoms with Gasteiger partial charge in [-0.05, 0) is 35.6 Å². The number of fused-ring (bicyclic) bond motifs is 1. The van der Waals surface area contributed by atoms with Crippen molar-refractivity contribution in [1.29, 1.82) is 0 Å². The fraction of sp³-hybridized carbons (Fsp3) is 0.526. The molecule has 1 aromatic carbocycles. The fourth-order valence-corrected chi connectivity index (χ4v) is 2.84. The van der Waals surface area contributed by atoms with Crippen LogP contribution in [0.25, 0.3) is 6.08 Å². The smallest absolute Gasteiger partial charge is 0.0468 e. The summed E-state index contributed by atoms with van der Waals surface area (Å²) < 4.78 is 0. The van der Waals surface area contributed by atoms with Gasteiger partial charge in [0.15, 0.2) is 0 Å². The quantitative estimate of drug-likeness (QED) is 0.626. The second-order valence-electron chi connectivity index (χ2n) is 7.04. The molecule has 0 bridgehead atoms. The Hall–Kier alpha value is -1.65. The molecular weight excluding hydrogens is 284 g/mol. The number of rotatable bonds is 6. The van der Waals surface area contributed by atoms with Crippen molar-refractivity contribution in [3.8, 4) is 0 Å². The highest BCUT2D eigenvalue weighted by Crippen LogP contribution is 2.26. The summed E-state index contributed by atoms with van der Waals surface area (Å²) in [5.74, 6) is 0.585. The molecule has 3 rings (SSSR count). The lowest BCUT2D eigenvalue weighted by molar-refractivity contribution is 0.145. The van der Waals surface area contributed by atoms with Gasteiger partial charge < -0.3 is 10.7 Å². The molecule has 23 heavy (non-hydrogen) atoms. The van der Waals surface area contributed by atoms with Crippen molar-refractivity contribution in [3.63, 3.8) is 0 Å². The maximum absolute atomic E-state index is 4.26. The second kappa shape index (κ2) is 7.28. The number of hydrogen-bond donors (Lipinski definition) is 2. The van der Waals surface area contributed by atoms with Gasteiger partial charge in [0, 0.05) is 44.5 Å². The van der Waals surface area contributed by atoms with Crippen LogP contribution in [0.3, 0.4) is 0 Å². The van der Waals surface area contributed by atoms with Crippen LogP contribution in [0.4, 0.5) is 0 Å². The molecule has 0 aliphatic carbocycles. The molecule has 1 saturated heterocycles. The van der Waals surface area contributed by atoms with Crippen LogP contribution >= 0.6 is 0 Å². The monoisotopic (exact) mass is 312 g/mol. The average Bonchev–Trinajstić information content (AvgIpc) is 2.86. The molecule has 0 aromatic heterocycles. The molecule has 4 nitrogen and oxygen atoms in total. The minimum atomic E-state index is 0.395. The molecule has 2 N–H and O–H groups in total. The van der Waals surface area contributed by atoms with E-state index in [2.05, 4.69) is 65.8 Å². The summed E-state index contributed by atoms with van der Waals surface area (Å²) in [6, 6.07) is 7.91. The Kier molecular flexibility index (Phi) is 5.13. The van der Waals surface area contributed by atoms with Gasteiger partial charge in [0.05, 0.1) is 0 Å². The third-order valence-electron chi connectivity index (χ3n) is 4.98. The first-order valence-corrected chi connectivity index (χ1v) is 8.65. The first-order valence-electron chi connectivity index (χ1n) is 8.65. The average molecular weight is 312 g/mol. The van der Waals surface area contributed by atoms with Gasteiger partial charge in [-0.2, -0.15) is 5.10 Å². The standard InChI is InChI=1S/C19H28N4/c1-14(2)15(3)22-21-8-4-5-16-6-7-17-12-23(13-18(17)9-16)19-10-20-11-19/h4-9,14-15,19-20,22H,10-13H2,1-3H3/b5-4-,21-8-. The third kappa shape index (κ3) is 4.01. The Bertz CT molecular complexity index is 587. The van der Waals surface area contributed by atoms with E-state index in [1.165, 1.54) is 16.7 Å². The van der Waals surface area contributed by atoms with E-state index in [1.807, 2.05) is 12.3 Å². The molecule has 2 aliphatic rings. The van der Waals surface area contributed by atoms with E-state index in [0.717, 1.165) is 32.2 Å². The van der Waals surface area contributed by atoms with Gasteiger partial charge in [-0.1, -0.05) is 38.1 Å². The maximum atomic E-state index is 4.26.